The van der Waals surface area contributed by atoms with E-state index in [4.69, 9.17) is 11.6 Å². The lowest BCUT2D eigenvalue weighted by Gasteiger charge is -2.33. The van der Waals surface area contributed by atoms with E-state index in [-0.39, 0.29) is 30.3 Å². The number of carbonyl (C=O) groups is 1. The van der Waals surface area contributed by atoms with Crippen molar-refractivity contribution in [1.29, 1.82) is 0 Å². The first kappa shape index (κ1) is 21.1. The third-order valence-electron chi connectivity index (χ3n) is 5.97. The van der Waals surface area contributed by atoms with Crippen LogP contribution in [0.1, 0.15) is 37.7 Å². The van der Waals surface area contributed by atoms with E-state index in [1.54, 1.807) is 6.20 Å². The van der Waals surface area contributed by atoms with E-state index in [0.29, 0.717) is 17.5 Å². The van der Waals surface area contributed by atoms with Crippen LogP contribution in [0, 0.1) is 5.92 Å². The van der Waals surface area contributed by atoms with E-state index >= 15 is 0 Å². The maximum atomic E-state index is 12.9. The van der Waals surface area contributed by atoms with E-state index in [2.05, 4.69) is 16.0 Å². The minimum atomic E-state index is -0.188. The third kappa shape index (κ3) is 4.51. The van der Waals surface area contributed by atoms with Gasteiger partial charge in [-0.3, -0.25) is 9.78 Å². The first-order chi connectivity index (χ1) is 13.1. The Morgan fingerprint density at radius 3 is 2.57 bits per heavy atom. The van der Waals surface area contributed by atoms with Crippen LogP contribution >= 0.6 is 24.0 Å². The number of nitrogens with zero attached hydrogens (tertiary/aromatic N) is 2. The summed E-state index contributed by atoms with van der Waals surface area (Å²) in [4.78, 5) is 19.1. The molecule has 2 aromatic rings. The summed E-state index contributed by atoms with van der Waals surface area (Å²) < 4.78 is 0. The lowest BCUT2D eigenvalue weighted by atomic mass is 9.92. The van der Waals surface area contributed by atoms with Gasteiger partial charge in [0.1, 0.15) is 0 Å². The largest absolute Gasteiger partial charge is 0.393 e. The fourth-order valence-electron chi connectivity index (χ4n) is 4.38. The summed E-state index contributed by atoms with van der Waals surface area (Å²) in [7, 11) is 0. The van der Waals surface area contributed by atoms with Crippen LogP contribution in [-0.2, 0) is 11.2 Å². The number of benzene rings is 1. The van der Waals surface area contributed by atoms with Gasteiger partial charge in [0.05, 0.1) is 6.10 Å². The van der Waals surface area contributed by atoms with Gasteiger partial charge in [0.25, 0.3) is 0 Å². The SMILES string of the molecule is Cl.O=C1C(Cc2ccc(-c3cccnc3)cc2Cl)CCN1[C@H]1CC[C@@H](O)CC1. The predicted octanol–water partition coefficient (Wildman–Crippen LogP) is 4.52. The summed E-state index contributed by atoms with van der Waals surface area (Å²) in [6, 6.07) is 10.3. The second kappa shape index (κ2) is 9.25. The molecule has 1 saturated heterocycles. The Kier molecular flexibility index (Phi) is 6.97. The Labute approximate surface area is 177 Å². The van der Waals surface area contributed by atoms with Gasteiger partial charge >= 0.3 is 0 Å². The zero-order valence-corrected chi connectivity index (χ0v) is 17.3. The Balaban J connectivity index is 0.00000225. The number of hydrogen-bond donors (Lipinski definition) is 1. The molecule has 1 N–H and O–H groups in total. The third-order valence-corrected chi connectivity index (χ3v) is 6.32. The van der Waals surface area contributed by atoms with E-state index < -0.39 is 0 Å². The molecule has 1 aliphatic carbocycles. The van der Waals surface area contributed by atoms with Crippen LogP contribution in [0.5, 0.6) is 0 Å². The van der Waals surface area contributed by atoms with Gasteiger partial charge in [0, 0.05) is 41.5 Å². The second-order valence-electron chi connectivity index (χ2n) is 7.73. The van der Waals surface area contributed by atoms with E-state index in [1.807, 2.05) is 30.5 Å². The molecule has 0 bridgehead atoms. The summed E-state index contributed by atoms with van der Waals surface area (Å²) in [5.74, 6) is 0.266. The Morgan fingerprint density at radius 1 is 1.11 bits per heavy atom. The zero-order chi connectivity index (χ0) is 18.8. The molecule has 2 fully saturated rings. The van der Waals surface area contributed by atoms with Gasteiger partial charge in [-0.15, -0.1) is 12.4 Å². The maximum absolute atomic E-state index is 12.9. The maximum Gasteiger partial charge on any atom is 0.226 e. The van der Waals surface area contributed by atoms with Crippen LogP contribution in [0.3, 0.4) is 0 Å². The number of carbonyl (C=O) groups excluding carboxylic acids is 1. The van der Waals surface area contributed by atoms with Crippen molar-refractivity contribution in [3.63, 3.8) is 0 Å². The summed E-state index contributed by atoms with van der Waals surface area (Å²) in [5.41, 5.74) is 3.11. The number of likely N-dealkylation sites (tertiary alicyclic amines) is 1. The molecule has 150 valence electrons. The molecule has 1 saturated carbocycles. The summed E-state index contributed by atoms with van der Waals surface area (Å²) >= 11 is 6.53. The van der Waals surface area contributed by atoms with Gasteiger partial charge in [-0.2, -0.15) is 0 Å². The van der Waals surface area contributed by atoms with Crippen LogP contribution in [-0.4, -0.2) is 39.6 Å². The molecule has 1 aromatic carbocycles. The van der Waals surface area contributed by atoms with Crippen LogP contribution < -0.4 is 0 Å². The van der Waals surface area contributed by atoms with E-state index in [1.165, 1.54) is 0 Å². The van der Waals surface area contributed by atoms with Crippen molar-refractivity contribution in [3.8, 4) is 11.1 Å². The molecule has 1 aliphatic heterocycles. The van der Waals surface area contributed by atoms with Crippen LogP contribution in [0.2, 0.25) is 5.02 Å². The van der Waals surface area contributed by atoms with Crippen molar-refractivity contribution in [3.05, 3.63) is 53.3 Å². The van der Waals surface area contributed by atoms with Crippen LogP contribution in [0.15, 0.2) is 42.7 Å². The highest BCUT2D eigenvalue weighted by Crippen LogP contribution is 2.33. The van der Waals surface area contributed by atoms with Gasteiger partial charge in [-0.1, -0.05) is 29.8 Å². The molecule has 28 heavy (non-hydrogen) atoms. The van der Waals surface area contributed by atoms with Gasteiger partial charge < -0.3 is 10.0 Å². The Hall–Kier alpha value is -1.62. The number of aromatic nitrogens is 1. The molecule has 2 heterocycles. The molecule has 1 unspecified atom stereocenters. The van der Waals surface area contributed by atoms with Crippen molar-refractivity contribution in [2.24, 2.45) is 5.92 Å². The summed E-state index contributed by atoms with van der Waals surface area (Å²) in [5, 5.41) is 10.4. The fraction of sp³-hybridized carbons (Fsp3) is 0.455. The second-order valence-corrected chi connectivity index (χ2v) is 8.14. The van der Waals surface area contributed by atoms with Crippen LogP contribution in [0.25, 0.3) is 11.1 Å². The van der Waals surface area contributed by atoms with Crippen LogP contribution in [0.4, 0.5) is 0 Å². The van der Waals surface area contributed by atoms with Crippen molar-refractivity contribution < 1.29 is 9.90 Å². The molecular weight excluding hydrogens is 395 g/mol. The summed E-state index contributed by atoms with van der Waals surface area (Å²) in [6.45, 7) is 0.829. The monoisotopic (exact) mass is 420 g/mol. The van der Waals surface area contributed by atoms with Crippen molar-refractivity contribution in [2.75, 3.05) is 6.54 Å². The van der Waals surface area contributed by atoms with Crippen molar-refractivity contribution >= 4 is 29.9 Å². The minimum absolute atomic E-state index is 0. The summed E-state index contributed by atoms with van der Waals surface area (Å²) in [6.07, 6.45) is 8.42. The first-order valence-electron chi connectivity index (χ1n) is 9.79. The average Bonchev–Trinajstić information content (AvgIpc) is 3.05. The number of hydrogen-bond acceptors (Lipinski definition) is 3. The standard InChI is InChI=1S/C22H25ClN2O2.ClH/c23-21-13-15(18-2-1-10-24-14-18)3-4-16(21)12-17-9-11-25(22(17)27)19-5-7-20(26)8-6-19;/h1-4,10,13-14,17,19-20,26H,5-9,11-12H2;1H/t17?,19-,20+;. The van der Waals surface area contributed by atoms with E-state index in [0.717, 1.165) is 55.3 Å². The van der Waals surface area contributed by atoms with Gasteiger partial charge in [-0.05, 0) is 61.8 Å². The molecule has 0 radical (unpaired) electrons. The topological polar surface area (TPSA) is 53.4 Å². The number of aliphatic hydroxyl groups is 1. The molecule has 1 aromatic heterocycles. The average molecular weight is 421 g/mol. The molecule has 6 heteroatoms. The smallest absolute Gasteiger partial charge is 0.226 e. The Morgan fingerprint density at radius 2 is 1.89 bits per heavy atom. The molecular formula is C22H26Cl2N2O2. The normalized spacial score (nSPS) is 24.9. The predicted molar refractivity (Wildman–Crippen MR) is 114 cm³/mol. The number of amides is 1. The Bertz CT molecular complexity index is 807. The fourth-order valence-corrected chi connectivity index (χ4v) is 4.63. The molecule has 4 rings (SSSR count). The molecule has 0 spiro atoms. The van der Waals surface area contributed by atoms with Crippen molar-refractivity contribution in [2.45, 2.75) is 50.7 Å². The molecule has 1 amide bonds. The van der Waals surface area contributed by atoms with Gasteiger partial charge in [-0.25, -0.2) is 0 Å². The number of aliphatic hydroxyl groups excluding tert-OH is 1. The lowest BCUT2D eigenvalue weighted by molar-refractivity contribution is -0.133. The first-order valence-corrected chi connectivity index (χ1v) is 10.2. The van der Waals surface area contributed by atoms with Gasteiger partial charge in [0.15, 0.2) is 0 Å². The van der Waals surface area contributed by atoms with Gasteiger partial charge in [0.2, 0.25) is 5.91 Å². The quantitative estimate of drug-likeness (QED) is 0.790. The highest BCUT2D eigenvalue weighted by atomic mass is 35.5. The highest BCUT2D eigenvalue weighted by molar-refractivity contribution is 6.31. The number of halogens is 2. The number of pyridine rings is 1. The lowest BCUT2D eigenvalue weighted by Crippen LogP contribution is -2.41. The number of rotatable bonds is 4. The molecule has 1 atom stereocenters. The van der Waals surface area contributed by atoms with E-state index in [9.17, 15) is 9.90 Å². The molecule has 2 aliphatic rings. The molecule has 4 nitrogen and oxygen atoms in total. The zero-order valence-electron chi connectivity index (χ0n) is 15.8. The minimum Gasteiger partial charge on any atom is -0.393 e. The van der Waals surface area contributed by atoms with Crippen molar-refractivity contribution in [1.82, 2.24) is 9.88 Å². The highest BCUT2D eigenvalue weighted by Gasteiger charge is 2.37.